The number of aliphatic imine (C=N–C) groups is 1. The molecule has 1 aromatic heterocycles. The zero-order chi connectivity index (χ0) is 27.1. The van der Waals surface area contributed by atoms with Crippen molar-refractivity contribution < 1.29 is 36.6 Å². The molecule has 1 aliphatic heterocycles. The summed E-state index contributed by atoms with van der Waals surface area (Å²) in [5.41, 5.74) is 1.50. The third-order valence-corrected chi connectivity index (χ3v) is 5.36. The number of benzene rings is 2. The van der Waals surface area contributed by atoms with Crippen LogP contribution in [0.4, 0.5) is 17.6 Å². The number of carbonyl (C=O) groups excluding carboxylic acids is 2. The van der Waals surface area contributed by atoms with Crippen molar-refractivity contribution >= 4 is 17.9 Å². The Balaban J connectivity index is 1.48. The molecule has 198 valence electrons. The van der Waals surface area contributed by atoms with Crippen molar-refractivity contribution in [1.82, 2.24) is 20.6 Å². The summed E-state index contributed by atoms with van der Waals surface area (Å²) < 4.78 is 60.7. The monoisotopic (exact) mass is 531 g/mol. The number of ether oxygens (including phenoxy) is 2. The Bertz CT molecular complexity index is 1310. The largest absolute Gasteiger partial charge is 0.491 e. The molecule has 0 aliphatic carbocycles. The maximum atomic E-state index is 13.5. The topological polar surface area (TPSA) is 115 Å². The lowest BCUT2D eigenvalue weighted by atomic mass is 9.92. The number of alkyl halides is 3. The Morgan fingerprint density at radius 2 is 1.79 bits per heavy atom. The van der Waals surface area contributed by atoms with Gasteiger partial charge < -0.3 is 20.1 Å². The maximum absolute atomic E-state index is 13.5. The number of rotatable bonds is 8. The molecule has 9 nitrogen and oxygen atoms in total. The molecule has 3 aromatic rings. The van der Waals surface area contributed by atoms with Crippen LogP contribution in [0.1, 0.15) is 29.2 Å². The maximum Gasteiger partial charge on any atom is 0.491 e. The summed E-state index contributed by atoms with van der Waals surface area (Å²) in [6, 6.07) is 13.3. The first kappa shape index (κ1) is 26.5. The van der Waals surface area contributed by atoms with E-state index < -0.39 is 36.3 Å². The van der Waals surface area contributed by atoms with Crippen LogP contribution >= 0.6 is 0 Å². The van der Waals surface area contributed by atoms with Gasteiger partial charge in [0.1, 0.15) is 11.6 Å². The second-order valence-electron chi connectivity index (χ2n) is 8.09. The van der Waals surface area contributed by atoms with E-state index in [2.05, 4.69) is 30.3 Å². The van der Waals surface area contributed by atoms with Gasteiger partial charge in [-0.05, 0) is 41.5 Å². The second kappa shape index (κ2) is 11.7. The van der Waals surface area contributed by atoms with E-state index in [-0.39, 0.29) is 11.7 Å². The molecule has 0 fully saturated rings. The van der Waals surface area contributed by atoms with Gasteiger partial charge in [0.15, 0.2) is 5.96 Å². The zero-order valence-corrected chi connectivity index (χ0v) is 19.7. The van der Waals surface area contributed by atoms with Gasteiger partial charge in [-0.2, -0.15) is 18.2 Å². The average Bonchev–Trinajstić information content (AvgIpc) is 3.41. The summed E-state index contributed by atoms with van der Waals surface area (Å²) in [7, 11) is 0. The number of hydrogen-bond donors (Lipinski definition) is 2. The number of carbonyl (C=O) groups is 2. The Hall–Kier alpha value is -4.55. The lowest BCUT2D eigenvalue weighted by Gasteiger charge is -2.17. The number of guanidine groups is 1. The van der Waals surface area contributed by atoms with Crippen LogP contribution < -0.4 is 15.4 Å². The fourth-order valence-electron chi connectivity index (χ4n) is 3.54. The minimum Gasteiger partial charge on any atom is -0.424 e. The summed E-state index contributed by atoms with van der Waals surface area (Å²) in [4.78, 5) is 35.8. The molecule has 0 saturated carbocycles. The first-order valence-corrected chi connectivity index (χ1v) is 11.4. The van der Waals surface area contributed by atoms with Crippen molar-refractivity contribution in [3.8, 4) is 11.8 Å². The summed E-state index contributed by atoms with van der Waals surface area (Å²) in [5.74, 6) is -4.44. The van der Waals surface area contributed by atoms with Crippen LogP contribution in [0.25, 0.3) is 0 Å². The fraction of sp³-hybridized carbons (Fsp3) is 0.240. The van der Waals surface area contributed by atoms with Crippen molar-refractivity contribution in [2.24, 2.45) is 4.99 Å². The van der Waals surface area contributed by atoms with Crippen LogP contribution in [0.3, 0.4) is 0 Å². The van der Waals surface area contributed by atoms with E-state index in [1.54, 1.807) is 12.1 Å². The highest BCUT2D eigenvalue weighted by atomic mass is 19.4. The predicted octanol–water partition coefficient (Wildman–Crippen LogP) is 3.61. The lowest BCUT2D eigenvalue weighted by Crippen LogP contribution is -2.33. The quantitative estimate of drug-likeness (QED) is 0.258. The van der Waals surface area contributed by atoms with Crippen molar-refractivity contribution in [3.05, 3.63) is 83.4 Å². The molecule has 0 amide bonds. The molecule has 0 saturated heterocycles. The second-order valence-corrected chi connectivity index (χ2v) is 8.09. The van der Waals surface area contributed by atoms with Crippen LogP contribution in [-0.4, -0.2) is 47.1 Å². The van der Waals surface area contributed by atoms with Gasteiger partial charge in [-0.15, -0.1) is 0 Å². The van der Waals surface area contributed by atoms with Gasteiger partial charge in [-0.3, -0.25) is 9.79 Å². The van der Waals surface area contributed by atoms with Crippen molar-refractivity contribution in [2.75, 3.05) is 13.1 Å². The molecule has 1 unspecified atom stereocenters. The van der Waals surface area contributed by atoms with Crippen molar-refractivity contribution in [3.63, 3.8) is 0 Å². The molecule has 2 heterocycles. The first-order chi connectivity index (χ1) is 18.2. The molecule has 1 aliphatic rings. The van der Waals surface area contributed by atoms with Gasteiger partial charge >= 0.3 is 24.1 Å². The molecule has 0 bridgehead atoms. The Labute approximate surface area is 213 Å². The van der Waals surface area contributed by atoms with E-state index in [0.717, 1.165) is 36.7 Å². The van der Waals surface area contributed by atoms with E-state index in [4.69, 9.17) is 4.74 Å². The molecule has 1 atom stereocenters. The van der Waals surface area contributed by atoms with Gasteiger partial charge in [0.05, 0.1) is 18.7 Å². The van der Waals surface area contributed by atoms with Gasteiger partial charge in [0.25, 0.3) is 0 Å². The van der Waals surface area contributed by atoms with Crippen LogP contribution in [0.15, 0.2) is 65.8 Å². The number of halogens is 4. The first-order valence-electron chi connectivity index (χ1n) is 11.4. The summed E-state index contributed by atoms with van der Waals surface area (Å²) in [6.45, 7) is 2.07. The number of nitrogens with one attached hydrogen (secondary N) is 2. The Morgan fingerprint density at radius 3 is 2.45 bits per heavy atom. The normalized spacial score (nSPS) is 13.7. The van der Waals surface area contributed by atoms with E-state index in [9.17, 15) is 27.2 Å². The van der Waals surface area contributed by atoms with Gasteiger partial charge in [0.2, 0.25) is 0 Å². The molecule has 4 rings (SSSR count). The van der Waals surface area contributed by atoms with Gasteiger partial charge in [0, 0.05) is 25.2 Å². The number of esters is 2. The summed E-state index contributed by atoms with van der Waals surface area (Å²) in [5, 5.41) is 6.28. The molecule has 38 heavy (non-hydrogen) atoms. The predicted molar refractivity (Wildman–Crippen MR) is 126 cm³/mol. The van der Waals surface area contributed by atoms with Gasteiger partial charge in [-0.1, -0.05) is 24.3 Å². The zero-order valence-electron chi connectivity index (χ0n) is 19.7. The van der Waals surface area contributed by atoms with Crippen LogP contribution in [0.2, 0.25) is 0 Å². The number of aromatic nitrogens is 2. The molecular weight excluding hydrogens is 510 g/mol. The van der Waals surface area contributed by atoms with Crippen molar-refractivity contribution in [2.45, 2.75) is 25.1 Å². The SMILES string of the molecule is O=C(CC(c1ccc(F)cc1)c1ccnc(Oc2ccc(CNC3=NCCN3)cc2)n1)OC(=O)C(F)(F)F. The standard InChI is InChI=1S/C25H21F4N5O4/c26-17-5-3-16(4-6-17)19(13-21(35)38-22(36)25(27,28)29)20-9-10-32-24(34-20)37-18-7-1-15(2-8-18)14-33-23-30-11-12-31-23/h1-10,19H,11-14H2,(H2,30,31,33). The van der Waals surface area contributed by atoms with Gasteiger partial charge in [-0.25, -0.2) is 14.2 Å². The third-order valence-electron chi connectivity index (χ3n) is 5.36. The minimum atomic E-state index is -5.33. The number of hydrogen-bond acceptors (Lipinski definition) is 9. The van der Waals surface area contributed by atoms with E-state index >= 15 is 0 Å². The van der Waals surface area contributed by atoms with Crippen LogP contribution in [-0.2, 0) is 20.9 Å². The third kappa shape index (κ3) is 7.24. The Morgan fingerprint density at radius 1 is 1.05 bits per heavy atom. The molecule has 2 N–H and O–H groups in total. The fourth-order valence-corrected chi connectivity index (χ4v) is 3.54. The summed E-state index contributed by atoms with van der Waals surface area (Å²) >= 11 is 0. The smallest absolute Gasteiger partial charge is 0.424 e. The average molecular weight is 531 g/mol. The highest BCUT2D eigenvalue weighted by Gasteiger charge is 2.42. The summed E-state index contributed by atoms with van der Waals surface area (Å²) in [6.07, 6.45) is -4.66. The molecule has 2 aromatic carbocycles. The van der Waals surface area contributed by atoms with Crippen molar-refractivity contribution in [1.29, 1.82) is 0 Å². The molecule has 0 radical (unpaired) electrons. The molecule has 13 heteroatoms. The number of nitrogens with zero attached hydrogens (tertiary/aromatic N) is 3. The van der Waals surface area contributed by atoms with E-state index in [1.807, 2.05) is 12.1 Å². The molecule has 0 spiro atoms. The minimum absolute atomic E-state index is 0.0928. The highest BCUT2D eigenvalue weighted by molar-refractivity contribution is 5.89. The Kier molecular flexibility index (Phi) is 8.14. The van der Waals surface area contributed by atoms with E-state index in [0.29, 0.717) is 17.9 Å². The van der Waals surface area contributed by atoms with Crippen LogP contribution in [0, 0.1) is 5.82 Å². The molecular formula is C25H21F4N5O4. The lowest BCUT2D eigenvalue weighted by molar-refractivity contribution is -0.201. The van der Waals surface area contributed by atoms with Crippen LogP contribution in [0.5, 0.6) is 11.8 Å². The van der Waals surface area contributed by atoms with E-state index in [1.165, 1.54) is 24.4 Å². The highest BCUT2D eigenvalue weighted by Crippen LogP contribution is 2.29.